The Morgan fingerprint density at radius 3 is 2.59 bits per heavy atom. The molecule has 1 aromatic carbocycles. The number of nitrogens with one attached hydrogen (secondary N) is 1. The molecule has 0 aliphatic carbocycles. The number of carbonyl (C=O) groups excluding carboxylic acids is 2. The second-order valence-corrected chi connectivity index (χ2v) is 4.59. The number of ether oxygens (including phenoxy) is 1. The summed E-state index contributed by atoms with van der Waals surface area (Å²) in [7, 11) is 1.56. The Hall–Kier alpha value is -1.84. The highest BCUT2D eigenvalue weighted by atomic mass is 16.5. The number of hydrogen-bond acceptors (Lipinski definition) is 3. The zero-order valence-corrected chi connectivity index (χ0v) is 10.2. The zero-order chi connectivity index (χ0) is 12.6. The average Bonchev–Trinajstić information content (AvgIpc) is 2.53. The number of carbonyl (C=O) groups is 2. The smallest absolute Gasteiger partial charge is 0.237 e. The maximum Gasteiger partial charge on any atom is 0.237 e. The Morgan fingerprint density at radius 2 is 2.06 bits per heavy atom. The van der Waals surface area contributed by atoms with Gasteiger partial charge in [0.1, 0.15) is 5.75 Å². The number of benzene rings is 1. The van der Waals surface area contributed by atoms with E-state index < -0.39 is 5.41 Å². The standard InChI is InChI=1S/C13H15NO3/c1-8-4-5-10(17-3)9(6-8)13(2)7-11(15)14-12(13)16/h4-6H,7H2,1-3H3,(H,14,15,16). The Balaban J connectivity index is 2.56. The van der Waals surface area contributed by atoms with Gasteiger partial charge in [0.2, 0.25) is 11.8 Å². The topological polar surface area (TPSA) is 55.4 Å². The molecule has 0 saturated carbocycles. The summed E-state index contributed by atoms with van der Waals surface area (Å²) < 4.78 is 5.27. The van der Waals surface area contributed by atoms with Crippen molar-refractivity contribution >= 4 is 11.8 Å². The molecule has 4 nitrogen and oxygen atoms in total. The van der Waals surface area contributed by atoms with E-state index in [0.29, 0.717) is 5.75 Å². The van der Waals surface area contributed by atoms with Crippen LogP contribution in [0.5, 0.6) is 5.75 Å². The molecule has 0 radical (unpaired) electrons. The molecule has 0 bridgehead atoms. The van der Waals surface area contributed by atoms with Gasteiger partial charge in [0.05, 0.1) is 12.5 Å². The first-order valence-corrected chi connectivity index (χ1v) is 5.47. The van der Waals surface area contributed by atoms with Gasteiger partial charge in [0.15, 0.2) is 0 Å². The fraction of sp³-hybridized carbons (Fsp3) is 0.385. The van der Waals surface area contributed by atoms with Gasteiger partial charge in [-0.1, -0.05) is 17.7 Å². The van der Waals surface area contributed by atoms with Crippen molar-refractivity contribution in [3.05, 3.63) is 29.3 Å². The third kappa shape index (κ3) is 1.79. The molecule has 1 fully saturated rings. The van der Waals surface area contributed by atoms with E-state index in [-0.39, 0.29) is 18.2 Å². The highest BCUT2D eigenvalue weighted by molar-refractivity contribution is 6.09. The molecule has 1 saturated heterocycles. The van der Waals surface area contributed by atoms with Crippen LogP contribution in [0.25, 0.3) is 0 Å². The normalized spacial score (nSPS) is 23.7. The summed E-state index contributed by atoms with van der Waals surface area (Å²) in [6.07, 6.45) is 0.172. The van der Waals surface area contributed by atoms with Crippen LogP contribution in [0.2, 0.25) is 0 Å². The van der Waals surface area contributed by atoms with Gasteiger partial charge < -0.3 is 4.74 Å². The van der Waals surface area contributed by atoms with Gasteiger partial charge in [-0.05, 0) is 19.9 Å². The van der Waals surface area contributed by atoms with Gasteiger partial charge in [-0.15, -0.1) is 0 Å². The molecule has 2 amide bonds. The molecular weight excluding hydrogens is 218 g/mol. The van der Waals surface area contributed by atoms with E-state index in [9.17, 15) is 9.59 Å². The maximum absolute atomic E-state index is 11.9. The van der Waals surface area contributed by atoms with E-state index in [4.69, 9.17) is 4.74 Å². The fourth-order valence-corrected chi connectivity index (χ4v) is 2.18. The number of rotatable bonds is 2. The number of methoxy groups -OCH3 is 1. The first kappa shape index (κ1) is 11.6. The summed E-state index contributed by atoms with van der Waals surface area (Å²) in [5.41, 5.74) is 0.978. The lowest BCUT2D eigenvalue weighted by Crippen LogP contribution is -2.33. The lowest BCUT2D eigenvalue weighted by Gasteiger charge is -2.23. The molecule has 1 N–H and O–H groups in total. The minimum absolute atomic E-state index is 0.172. The average molecular weight is 233 g/mol. The molecule has 0 spiro atoms. The minimum Gasteiger partial charge on any atom is -0.496 e. The summed E-state index contributed by atoms with van der Waals surface area (Å²) in [4.78, 5) is 23.3. The first-order chi connectivity index (χ1) is 7.97. The Morgan fingerprint density at radius 1 is 1.35 bits per heavy atom. The van der Waals surface area contributed by atoms with Crippen molar-refractivity contribution in [2.75, 3.05) is 7.11 Å². The molecule has 17 heavy (non-hydrogen) atoms. The molecule has 1 aliphatic rings. The monoisotopic (exact) mass is 233 g/mol. The third-order valence-electron chi connectivity index (χ3n) is 3.22. The van der Waals surface area contributed by atoms with Crippen LogP contribution in [0.3, 0.4) is 0 Å². The van der Waals surface area contributed by atoms with E-state index in [0.717, 1.165) is 11.1 Å². The Labute approximate surface area is 100.0 Å². The molecule has 1 aliphatic heterocycles. The van der Waals surface area contributed by atoms with Crippen molar-refractivity contribution in [1.29, 1.82) is 0 Å². The molecule has 0 aromatic heterocycles. The number of imide groups is 1. The second-order valence-electron chi connectivity index (χ2n) is 4.59. The van der Waals surface area contributed by atoms with Crippen LogP contribution in [-0.4, -0.2) is 18.9 Å². The lowest BCUT2D eigenvalue weighted by molar-refractivity contribution is -0.126. The van der Waals surface area contributed by atoms with Crippen LogP contribution in [0.15, 0.2) is 18.2 Å². The van der Waals surface area contributed by atoms with Gasteiger partial charge in [-0.3, -0.25) is 14.9 Å². The second kappa shape index (κ2) is 3.87. The first-order valence-electron chi connectivity index (χ1n) is 5.47. The molecule has 90 valence electrons. The van der Waals surface area contributed by atoms with Crippen LogP contribution in [0.1, 0.15) is 24.5 Å². The van der Waals surface area contributed by atoms with Gasteiger partial charge >= 0.3 is 0 Å². The number of aryl methyl sites for hydroxylation is 1. The summed E-state index contributed by atoms with van der Waals surface area (Å²) in [6, 6.07) is 5.64. The zero-order valence-electron chi connectivity index (χ0n) is 10.2. The van der Waals surface area contributed by atoms with E-state index in [1.165, 1.54) is 0 Å². The third-order valence-corrected chi connectivity index (χ3v) is 3.22. The van der Waals surface area contributed by atoms with Crippen LogP contribution in [0, 0.1) is 6.92 Å². The molecule has 1 aromatic rings. The Kier molecular flexibility index (Phi) is 2.65. The quantitative estimate of drug-likeness (QED) is 0.783. The van der Waals surface area contributed by atoms with Crippen molar-refractivity contribution in [2.24, 2.45) is 0 Å². The van der Waals surface area contributed by atoms with Gasteiger partial charge in [-0.25, -0.2) is 0 Å². The van der Waals surface area contributed by atoms with Crippen LogP contribution in [0.4, 0.5) is 0 Å². The van der Waals surface area contributed by atoms with Crippen molar-refractivity contribution in [3.8, 4) is 5.75 Å². The summed E-state index contributed by atoms with van der Waals surface area (Å²) in [5, 5.41) is 2.34. The molecule has 2 rings (SSSR count). The van der Waals surface area contributed by atoms with E-state index >= 15 is 0 Å². The summed E-state index contributed by atoms with van der Waals surface area (Å²) >= 11 is 0. The van der Waals surface area contributed by atoms with Crippen LogP contribution < -0.4 is 10.1 Å². The molecule has 1 heterocycles. The largest absolute Gasteiger partial charge is 0.496 e. The van der Waals surface area contributed by atoms with Gasteiger partial charge in [-0.2, -0.15) is 0 Å². The highest BCUT2D eigenvalue weighted by Crippen LogP contribution is 2.38. The molecule has 1 unspecified atom stereocenters. The Bertz CT molecular complexity index is 495. The van der Waals surface area contributed by atoms with Gasteiger partial charge in [0, 0.05) is 12.0 Å². The fourth-order valence-electron chi connectivity index (χ4n) is 2.18. The summed E-state index contributed by atoms with van der Waals surface area (Å²) in [5.74, 6) is 0.149. The van der Waals surface area contributed by atoms with Crippen LogP contribution >= 0.6 is 0 Å². The van der Waals surface area contributed by atoms with Gasteiger partial charge in [0.25, 0.3) is 0 Å². The van der Waals surface area contributed by atoms with Crippen LogP contribution in [-0.2, 0) is 15.0 Å². The summed E-state index contributed by atoms with van der Waals surface area (Å²) in [6.45, 7) is 3.71. The van der Waals surface area contributed by atoms with E-state index in [1.807, 2.05) is 25.1 Å². The predicted octanol–water partition coefficient (Wildman–Crippen LogP) is 1.31. The van der Waals surface area contributed by atoms with Crippen molar-refractivity contribution in [2.45, 2.75) is 25.7 Å². The van der Waals surface area contributed by atoms with E-state index in [1.54, 1.807) is 14.0 Å². The maximum atomic E-state index is 11.9. The van der Waals surface area contributed by atoms with Crippen molar-refractivity contribution in [3.63, 3.8) is 0 Å². The number of hydrogen-bond donors (Lipinski definition) is 1. The van der Waals surface area contributed by atoms with Crippen molar-refractivity contribution < 1.29 is 14.3 Å². The minimum atomic E-state index is -0.825. The van der Waals surface area contributed by atoms with E-state index in [2.05, 4.69) is 5.32 Å². The number of amides is 2. The lowest BCUT2D eigenvalue weighted by atomic mass is 9.80. The molecule has 1 atom stereocenters. The highest BCUT2D eigenvalue weighted by Gasteiger charge is 2.45. The molecule has 4 heteroatoms. The molecular formula is C13H15NO3. The predicted molar refractivity (Wildman–Crippen MR) is 62.8 cm³/mol. The van der Waals surface area contributed by atoms with Crippen molar-refractivity contribution in [1.82, 2.24) is 5.32 Å². The SMILES string of the molecule is COc1ccc(C)cc1C1(C)CC(=O)NC1=O.